The predicted molar refractivity (Wildman–Crippen MR) is 83.9 cm³/mol. The quantitative estimate of drug-likeness (QED) is 0.656. The number of fused-ring (bicyclic) bond motifs is 1. The lowest BCUT2D eigenvalue weighted by atomic mass is 10.1. The van der Waals surface area contributed by atoms with Gasteiger partial charge in [0.1, 0.15) is 5.82 Å². The van der Waals surface area contributed by atoms with Crippen molar-refractivity contribution in [3.63, 3.8) is 0 Å². The van der Waals surface area contributed by atoms with Gasteiger partial charge in [-0.1, -0.05) is 31.0 Å². The third kappa shape index (κ3) is 2.83. The molecule has 5 nitrogen and oxygen atoms in total. The highest BCUT2D eigenvalue weighted by molar-refractivity contribution is 6.06. The Morgan fingerprint density at radius 3 is 2.57 bits per heavy atom. The standard InChI is InChI=1S/C16H20N4O/c17-19-15-11-13(12-7-3-4-8-14(12)18-15)16(21)20-9-5-1-2-6-10-20/h3-4,7-8,11H,1-2,5-6,9-10,17H2,(H,18,19). The third-order valence-corrected chi connectivity index (χ3v) is 3.99. The monoisotopic (exact) mass is 284 g/mol. The van der Waals surface area contributed by atoms with Crippen LogP contribution in [0.15, 0.2) is 30.3 Å². The SMILES string of the molecule is NNc1cc(C(=O)N2CCCCCC2)c2ccccc2n1. The number of carbonyl (C=O) groups is 1. The average molecular weight is 284 g/mol. The molecule has 0 spiro atoms. The number of benzene rings is 1. The van der Waals surface area contributed by atoms with Gasteiger partial charge in [-0.3, -0.25) is 4.79 Å². The Hall–Kier alpha value is -2.14. The minimum Gasteiger partial charge on any atom is -0.339 e. The summed E-state index contributed by atoms with van der Waals surface area (Å²) in [6.45, 7) is 1.67. The number of aromatic nitrogens is 1. The summed E-state index contributed by atoms with van der Waals surface area (Å²) in [5.41, 5.74) is 4.01. The van der Waals surface area contributed by atoms with Crippen LogP contribution in [0.1, 0.15) is 36.0 Å². The van der Waals surface area contributed by atoms with Crippen LogP contribution in [0.2, 0.25) is 0 Å². The molecule has 0 radical (unpaired) electrons. The van der Waals surface area contributed by atoms with Gasteiger partial charge < -0.3 is 10.3 Å². The smallest absolute Gasteiger partial charge is 0.254 e. The number of hydrazine groups is 1. The zero-order chi connectivity index (χ0) is 14.7. The van der Waals surface area contributed by atoms with E-state index in [2.05, 4.69) is 10.4 Å². The summed E-state index contributed by atoms with van der Waals surface area (Å²) in [5.74, 6) is 6.07. The summed E-state index contributed by atoms with van der Waals surface area (Å²) in [6, 6.07) is 9.42. The molecule has 0 aliphatic carbocycles. The van der Waals surface area contributed by atoms with Crippen LogP contribution in [-0.4, -0.2) is 28.9 Å². The number of nitrogens with zero attached hydrogens (tertiary/aromatic N) is 2. The molecular weight excluding hydrogens is 264 g/mol. The number of likely N-dealkylation sites (tertiary alicyclic amines) is 1. The van der Waals surface area contributed by atoms with Crippen molar-refractivity contribution in [3.05, 3.63) is 35.9 Å². The van der Waals surface area contributed by atoms with Crippen LogP contribution in [0.4, 0.5) is 5.82 Å². The van der Waals surface area contributed by atoms with Gasteiger partial charge in [0.15, 0.2) is 0 Å². The Bertz CT molecular complexity index is 648. The molecule has 1 aliphatic rings. The number of nitrogen functional groups attached to an aromatic ring is 1. The van der Waals surface area contributed by atoms with Crippen LogP contribution in [0.25, 0.3) is 10.9 Å². The normalized spacial score (nSPS) is 15.8. The molecule has 0 saturated carbocycles. The van der Waals surface area contributed by atoms with E-state index in [9.17, 15) is 4.79 Å². The zero-order valence-corrected chi connectivity index (χ0v) is 12.0. The summed E-state index contributed by atoms with van der Waals surface area (Å²) in [7, 11) is 0. The number of amides is 1. The molecule has 3 rings (SSSR count). The summed E-state index contributed by atoms with van der Waals surface area (Å²) in [6.07, 6.45) is 4.57. The molecule has 2 heterocycles. The second-order valence-corrected chi connectivity index (χ2v) is 5.42. The third-order valence-electron chi connectivity index (χ3n) is 3.99. The van der Waals surface area contributed by atoms with Crippen molar-refractivity contribution in [2.45, 2.75) is 25.7 Å². The first kappa shape index (κ1) is 13.8. The first-order valence-corrected chi connectivity index (χ1v) is 7.45. The van der Waals surface area contributed by atoms with Gasteiger partial charge in [-0.15, -0.1) is 0 Å². The van der Waals surface area contributed by atoms with Gasteiger partial charge in [0, 0.05) is 18.5 Å². The summed E-state index contributed by atoms with van der Waals surface area (Å²) in [4.78, 5) is 19.2. The van der Waals surface area contributed by atoms with E-state index in [-0.39, 0.29) is 5.91 Å². The Balaban J connectivity index is 2.03. The fourth-order valence-corrected chi connectivity index (χ4v) is 2.87. The summed E-state index contributed by atoms with van der Waals surface area (Å²) < 4.78 is 0. The van der Waals surface area contributed by atoms with Gasteiger partial charge in [0.25, 0.3) is 5.91 Å². The van der Waals surface area contributed by atoms with E-state index < -0.39 is 0 Å². The van der Waals surface area contributed by atoms with Gasteiger partial charge in [-0.25, -0.2) is 10.8 Å². The van der Waals surface area contributed by atoms with Gasteiger partial charge in [-0.05, 0) is 25.0 Å². The second kappa shape index (κ2) is 6.10. The van der Waals surface area contributed by atoms with Gasteiger partial charge >= 0.3 is 0 Å². The highest BCUT2D eigenvalue weighted by Crippen LogP contribution is 2.23. The number of carbonyl (C=O) groups excluding carboxylic acids is 1. The molecule has 0 bridgehead atoms. The van der Waals surface area contributed by atoms with Crippen molar-refractivity contribution < 1.29 is 4.79 Å². The maximum absolute atomic E-state index is 12.9. The summed E-state index contributed by atoms with van der Waals surface area (Å²) >= 11 is 0. The highest BCUT2D eigenvalue weighted by Gasteiger charge is 2.20. The first-order chi connectivity index (χ1) is 10.3. The molecule has 1 amide bonds. The number of nitrogens with two attached hydrogens (primary N) is 1. The molecule has 5 heteroatoms. The van der Waals surface area contributed by atoms with Gasteiger partial charge in [0.2, 0.25) is 0 Å². The average Bonchev–Trinajstić information content (AvgIpc) is 2.82. The lowest BCUT2D eigenvalue weighted by Gasteiger charge is -2.21. The molecule has 3 N–H and O–H groups in total. The van der Waals surface area contributed by atoms with Crippen LogP contribution >= 0.6 is 0 Å². The predicted octanol–water partition coefficient (Wildman–Crippen LogP) is 2.54. The highest BCUT2D eigenvalue weighted by atomic mass is 16.2. The molecule has 1 aromatic heterocycles. The van der Waals surface area contributed by atoms with Crippen molar-refractivity contribution in [2.75, 3.05) is 18.5 Å². The number of hydrogen-bond acceptors (Lipinski definition) is 4. The Morgan fingerprint density at radius 2 is 1.86 bits per heavy atom. The maximum atomic E-state index is 12.9. The van der Waals surface area contributed by atoms with Crippen molar-refractivity contribution in [3.8, 4) is 0 Å². The number of anilines is 1. The topological polar surface area (TPSA) is 71.2 Å². The minimum absolute atomic E-state index is 0.0759. The van der Waals surface area contributed by atoms with Crippen molar-refractivity contribution >= 4 is 22.6 Å². The van der Waals surface area contributed by atoms with E-state index in [4.69, 9.17) is 5.84 Å². The van der Waals surface area contributed by atoms with Crippen molar-refractivity contribution in [2.24, 2.45) is 5.84 Å². The van der Waals surface area contributed by atoms with Crippen molar-refractivity contribution in [1.29, 1.82) is 0 Å². The second-order valence-electron chi connectivity index (χ2n) is 5.42. The molecule has 110 valence electrons. The fourth-order valence-electron chi connectivity index (χ4n) is 2.87. The minimum atomic E-state index is 0.0759. The molecule has 0 atom stereocenters. The molecule has 1 fully saturated rings. The molecule has 1 aromatic carbocycles. The Labute approximate surface area is 124 Å². The molecular formula is C16H20N4O. The Kier molecular flexibility index (Phi) is 4.01. The van der Waals surface area contributed by atoms with E-state index in [1.807, 2.05) is 29.2 Å². The lowest BCUT2D eigenvalue weighted by Crippen LogP contribution is -2.32. The van der Waals surface area contributed by atoms with E-state index >= 15 is 0 Å². The van der Waals surface area contributed by atoms with Gasteiger partial charge in [0.05, 0.1) is 11.1 Å². The molecule has 2 aromatic rings. The van der Waals surface area contributed by atoms with Crippen LogP contribution < -0.4 is 11.3 Å². The molecule has 21 heavy (non-hydrogen) atoms. The van der Waals surface area contributed by atoms with Gasteiger partial charge in [-0.2, -0.15) is 0 Å². The Morgan fingerprint density at radius 1 is 1.14 bits per heavy atom. The van der Waals surface area contributed by atoms with E-state index in [0.29, 0.717) is 11.4 Å². The number of pyridine rings is 1. The largest absolute Gasteiger partial charge is 0.339 e. The number of rotatable bonds is 2. The van der Waals surface area contributed by atoms with E-state index in [1.165, 1.54) is 12.8 Å². The summed E-state index contributed by atoms with van der Waals surface area (Å²) in [5, 5.41) is 0.880. The van der Waals surface area contributed by atoms with E-state index in [1.54, 1.807) is 6.07 Å². The van der Waals surface area contributed by atoms with Crippen LogP contribution in [0.3, 0.4) is 0 Å². The lowest BCUT2D eigenvalue weighted by molar-refractivity contribution is 0.0763. The van der Waals surface area contributed by atoms with Crippen molar-refractivity contribution in [1.82, 2.24) is 9.88 Å². The maximum Gasteiger partial charge on any atom is 0.254 e. The zero-order valence-electron chi connectivity index (χ0n) is 12.0. The molecule has 1 aliphatic heterocycles. The van der Waals surface area contributed by atoms with Crippen LogP contribution in [0, 0.1) is 0 Å². The molecule has 0 unspecified atom stereocenters. The molecule has 1 saturated heterocycles. The van der Waals surface area contributed by atoms with E-state index in [0.717, 1.165) is 36.8 Å². The fraction of sp³-hybridized carbons (Fsp3) is 0.375. The number of hydrogen-bond donors (Lipinski definition) is 2. The van der Waals surface area contributed by atoms with Crippen LogP contribution in [-0.2, 0) is 0 Å². The number of para-hydroxylation sites is 1. The first-order valence-electron chi connectivity index (χ1n) is 7.45. The van der Waals surface area contributed by atoms with Crippen LogP contribution in [0.5, 0.6) is 0 Å². The number of nitrogens with one attached hydrogen (secondary N) is 1.